The fourth-order valence-electron chi connectivity index (χ4n) is 3.73. The second-order valence-electron chi connectivity index (χ2n) is 10.2. The lowest BCUT2D eigenvalue weighted by Crippen LogP contribution is -2.66. The van der Waals surface area contributed by atoms with Gasteiger partial charge in [-0.25, -0.2) is 0 Å². The van der Waals surface area contributed by atoms with Crippen molar-refractivity contribution in [3.8, 4) is 11.8 Å². The minimum atomic E-state index is -2.49. The van der Waals surface area contributed by atoms with Gasteiger partial charge in [0.25, 0.3) is 8.32 Å². The molecule has 2 aromatic carbocycles. The topological polar surface area (TPSA) is 35.5 Å². The zero-order valence-corrected chi connectivity index (χ0v) is 21.7. The molecular weight excluding hydrogens is 412 g/mol. The number of unbranched alkanes of at least 4 members (excludes halogenated alkanes) is 1. The molecule has 0 amide bonds. The fourth-order valence-corrected chi connectivity index (χ4v) is 8.34. The predicted molar refractivity (Wildman–Crippen MR) is 136 cm³/mol. The van der Waals surface area contributed by atoms with E-state index in [9.17, 15) is 4.79 Å². The van der Waals surface area contributed by atoms with Gasteiger partial charge < -0.3 is 9.16 Å². The van der Waals surface area contributed by atoms with Gasteiger partial charge >= 0.3 is 5.97 Å². The molecule has 0 aliphatic heterocycles. The summed E-state index contributed by atoms with van der Waals surface area (Å²) in [4.78, 5) is 12.0. The van der Waals surface area contributed by atoms with Crippen LogP contribution >= 0.6 is 0 Å². The summed E-state index contributed by atoms with van der Waals surface area (Å²) in [7, 11) is -2.49. The van der Waals surface area contributed by atoms with Crippen molar-refractivity contribution in [2.75, 3.05) is 6.61 Å². The van der Waals surface area contributed by atoms with Gasteiger partial charge in [0.15, 0.2) is 6.10 Å². The van der Waals surface area contributed by atoms with Crippen molar-refractivity contribution < 1.29 is 14.0 Å². The summed E-state index contributed by atoms with van der Waals surface area (Å²) in [6.45, 7) is 14.8. The molecule has 0 aromatic heterocycles. The zero-order chi connectivity index (χ0) is 23.8. The van der Waals surface area contributed by atoms with E-state index >= 15 is 0 Å². The van der Waals surface area contributed by atoms with Gasteiger partial charge in [-0.2, -0.15) is 0 Å². The van der Waals surface area contributed by atoms with E-state index in [4.69, 9.17) is 9.16 Å². The summed E-state index contributed by atoms with van der Waals surface area (Å²) >= 11 is 0. The molecule has 0 saturated carbocycles. The van der Waals surface area contributed by atoms with E-state index in [0.717, 1.165) is 6.42 Å². The average molecular weight is 451 g/mol. The Morgan fingerprint density at radius 1 is 0.906 bits per heavy atom. The number of ether oxygens (including phenoxy) is 1. The lowest BCUT2D eigenvalue weighted by atomic mass is 9.97. The van der Waals surface area contributed by atoms with Gasteiger partial charge in [0.2, 0.25) is 0 Å². The van der Waals surface area contributed by atoms with Crippen molar-refractivity contribution in [3.05, 3.63) is 60.7 Å². The van der Waals surface area contributed by atoms with Crippen molar-refractivity contribution in [1.82, 2.24) is 0 Å². The smallest absolute Gasteiger partial charge is 0.312 e. The Kier molecular flexibility index (Phi) is 8.89. The maximum Gasteiger partial charge on any atom is 0.312 e. The molecule has 0 aliphatic carbocycles. The van der Waals surface area contributed by atoms with Crippen LogP contribution < -0.4 is 10.4 Å². The van der Waals surface area contributed by atoms with Crippen LogP contribution in [0.15, 0.2) is 60.7 Å². The highest BCUT2D eigenvalue weighted by Crippen LogP contribution is 2.36. The summed E-state index contributed by atoms with van der Waals surface area (Å²) in [6.07, 6.45) is 1.13. The van der Waals surface area contributed by atoms with E-state index < -0.39 is 19.8 Å². The van der Waals surface area contributed by atoms with E-state index in [2.05, 4.69) is 93.3 Å². The summed E-state index contributed by atoms with van der Waals surface area (Å²) in [5.74, 6) is 5.97. The third-order valence-corrected chi connectivity index (χ3v) is 10.4. The maximum absolute atomic E-state index is 12.0. The van der Waals surface area contributed by atoms with Gasteiger partial charge in [0.05, 0.1) is 5.41 Å². The minimum Gasteiger partial charge on any atom is -0.449 e. The van der Waals surface area contributed by atoms with Gasteiger partial charge in [0, 0.05) is 13.0 Å². The van der Waals surface area contributed by atoms with E-state index in [-0.39, 0.29) is 11.0 Å². The second kappa shape index (κ2) is 11.0. The lowest BCUT2D eigenvalue weighted by Gasteiger charge is -2.43. The van der Waals surface area contributed by atoms with Crippen LogP contribution in [0.3, 0.4) is 0 Å². The van der Waals surface area contributed by atoms with Crippen molar-refractivity contribution >= 4 is 24.7 Å². The Morgan fingerprint density at radius 2 is 1.41 bits per heavy atom. The monoisotopic (exact) mass is 450 g/mol. The van der Waals surface area contributed by atoms with E-state index in [1.165, 1.54) is 10.4 Å². The van der Waals surface area contributed by atoms with Crippen molar-refractivity contribution in [3.63, 3.8) is 0 Å². The summed E-state index contributed by atoms with van der Waals surface area (Å²) in [5, 5.41) is 2.54. The van der Waals surface area contributed by atoms with Gasteiger partial charge in [-0.05, 0) is 49.5 Å². The molecule has 0 N–H and O–H groups in total. The summed E-state index contributed by atoms with van der Waals surface area (Å²) < 4.78 is 12.3. The van der Waals surface area contributed by atoms with Crippen LogP contribution in [0.5, 0.6) is 0 Å². The fraction of sp³-hybridized carbons (Fsp3) is 0.464. The highest BCUT2D eigenvalue weighted by Gasteiger charge is 2.49. The van der Waals surface area contributed by atoms with Crippen LogP contribution in [-0.4, -0.2) is 27.0 Å². The van der Waals surface area contributed by atoms with Gasteiger partial charge in [-0.15, -0.1) is 0 Å². The second-order valence-corrected chi connectivity index (χ2v) is 14.5. The predicted octanol–water partition coefficient (Wildman–Crippen LogP) is 5.32. The number of rotatable bonds is 7. The average Bonchev–Trinajstić information content (AvgIpc) is 2.73. The first-order chi connectivity index (χ1) is 15.0. The number of benzene rings is 2. The normalized spacial score (nSPS) is 13.1. The van der Waals surface area contributed by atoms with Crippen molar-refractivity contribution in [2.24, 2.45) is 5.41 Å². The third-order valence-electron chi connectivity index (χ3n) is 5.38. The molecule has 0 radical (unpaired) electrons. The SMILES string of the molecule is CC(C#CCCCO[Si](c1ccccc1)(c1ccccc1)C(C)(C)C)OC(=O)C(C)(C)C. The molecule has 32 heavy (non-hydrogen) atoms. The quantitative estimate of drug-likeness (QED) is 0.248. The first-order valence-electron chi connectivity index (χ1n) is 11.4. The summed E-state index contributed by atoms with van der Waals surface area (Å²) in [5.41, 5.74) is -0.514. The highest BCUT2D eigenvalue weighted by molar-refractivity contribution is 6.99. The third kappa shape index (κ3) is 6.57. The van der Waals surface area contributed by atoms with Crippen molar-refractivity contribution in [2.45, 2.75) is 72.5 Å². The number of esters is 1. The van der Waals surface area contributed by atoms with Crippen LogP contribution in [0.4, 0.5) is 0 Å². The number of carbonyl (C=O) groups is 1. The van der Waals surface area contributed by atoms with Crippen LogP contribution in [0.2, 0.25) is 5.04 Å². The lowest BCUT2D eigenvalue weighted by molar-refractivity contribution is -0.155. The molecule has 0 fully saturated rings. The van der Waals surface area contributed by atoms with Crippen molar-refractivity contribution in [1.29, 1.82) is 0 Å². The number of hydrogen-bond donors (Lipinski definition) is 0. The largest absolute Gasteiger partial charge is 0.449 e. The van der Waals surface area contributed by atoms with Gasteiger partial charge in [-0.3, -0.25) is 4.79 Å². The first-order valence-corrected chi connectivity index (χ1v) is 13.3. The minimum absolute atomic E-state index is 0.0307. The Morgan fingerprint density at radius 3 is 1.84 bits per heavy atom. The van der Waals surface area contributed by atoms with Crippen LogP contribution in [0, 0.1) is 17.3 Å². The molecule has 1 unspecified atom stereocenters. The van der Waals surface area contributed by atoms with E-state index in [1.54, 1.807) is 0 Å². The Labute approximate surface area is 195 Å². The molecule has 0 aliphatic rings. The molecule has 0 heterocycles. The van der Waals surface area contributed by atoms with E-state index in [0.29, 0.717) is 13.0 Å². The maximum atomic E-state index is 12.0. The molecule has 2 rings (SSSR count). The van der Waals surface area contributed by atoms with Gasteiger partial charge in [-0.1, -0.05) is 93.3 Å². The highest BCUT2D eigenvalue weighted by atomic mass is 28.4. The molecular formula is C28H38O3Si. The van der Waals surface area contributed by atoms with Gasteiger partial charge in [0.1, 0.15) is 0 Å². The molecule has 1 atom stereocenters. The Bertz CT molecular complexity index is 873. The zero-order valence-electron chi connectivity index (χ0n) is 20.7. The molecule has 0 bridgehead atoms. The first kappa shape index (κ1) is 25.9. The molecule has 0 saturated heterocycles. The summed E-state index contributed by atoms with van der Waals surface area (Å²) in [6, 6.07) is 21.3. The van der Waals surface area contributed by atoms with E-state index in [1.807, 2.05) is 27.7 Å². The number of hydrogen-bond acceptors (Lipinski definition) is 3. The molecule has 0 spiro atoms. The van der Waals surface area contributed by atoms with Crippen LogP contribution in [0.25, 0.3) is 0 Å². The number of carbonyl (C=O) groups excluding carboxylic acids is 1. The standard InChI is InChI=1S/C28H38O3Si/c1-23(31-26(29)27(2,3)4)17-11-10-16-22-30-32(28(5,6)7,24-18-12-8-13-19-24)25-20-14-9-15-21-25/h8-9,12-15,18-21,23H,10,16,22H2,1-7H3. The molecule has 2 aromatic rings. The van der Waals surface area contributed by atoms with Crippen LogP contribution in [0.1, 0.15) is 61.3 Å². The molecule has 4 heteroatoms. The molecule has 3 nitrogen and oxygen atoms in total. The van der Waals surface area contributed by atoms with Crippen LogP contribution in [-0.2, 0) is 14.0 Å². The Hall–Kier alpha value is -2.35. The Balaban J connectivity index is 2.11. The molecule has 172 valence electrons.